The molecule has 1 aliphatic carbocycles. The zero-order valence-electron chi connectivity index (χ0n) is 14.4. The topological polar surface area (TPSA) is 37.4 Å². The fraction of sp³-hybridized carbons (Fsp3) is 0.526. The van der Waals surface area contributed by atoms with E-state index in [0.717, 1.165) is 67.5 Å². The summed E-state index contributed by atoms with van der Waals surface area (Å²) in [6.07, 6.45) is 5.43. The van der Waals surface area contributed by atoms with Crippen LogP contribution in [0.25, 0.3) is 10.9 Å². The van der Waals surface area contributed by atoms with Gasteiger partial charge >= 0.3 is 0 Å². The lowest BCUT2D eigenvalue weighted by molar-refractivity contribution is 0.264. The second kappa shape index (κ2) is 6.20. The lowest BCUT2D eigenvalue weighted by atomic mass is 10.0. The van der Waals surface area contributed by atoms with Crippen molar-refractivity contribution in [2.45, 2.75) is 38.1 Å². The maximum atomic E-state index is 14.1. The zero-order valence-corrected chi connectivity index (χ0v) is 14.4. The van der Waals surface area contributed by atoms with Crippen molar-refractivity contribution in [3.8, 4) is 5.75 Å². The number of methoxy groups -OCH3 is 1. The maximum Gasteiger partial charge on any atom is 0.167 e. The smallest absolute Gasteiger partial charge is 0.167 e. The van der Waals surface area contributed by atoms with Crippen LogP contribution in [-0.2, 0) is 12.8 Å². The first-order chi connectivity index (χ1) is 11.7. The van der Waals surface area contributed by atoms with E-state index >= 15 is 0 Å². The first-order valence-electron chi connectivity index (χ1n) is 8.80. The number of benzene rings is 1. The van der Waals surface area contributed by atoms with Crippen LogP contribution in [0, 0.1) is 5.82 Å². The monoisotopic (exact) mass is 329 g/mol. The third-order valence-corrected chi connectivity index (χ3v) is 5.35. The molecule has 5 heteroatoms. The quantitative estimate of drug-likeness (QED) is 0.937. The minimum Gasteiger partial charge on any atom is -0.494 e. The number of hydrogen-bond donors (Lipinski definition) is 1. The molecule has 1 aromatic carbocycles. The van der Waals surface area contributed by atoms with Gasteiger partial charge in [-0.15, -0.1) is 0 Å². The number of anilines is 1. The standard InChI is InChI=1S/C19H24FN3O/c1-23-8-6-12(7-9-23)21-19-13-4-3-5-16(13)22-17-11-15(20)18(24-2)10-14(17)19/h10-12H,3-9H2,1-2H3,(H,21,22). The van der Waals surface area contributed by atoms with Crippen LogP contribution < -0.4 is 10.1 Å². The minimum atomic E-state index is -0.347. The number of piperidine rings is 1. The third kappa shape index (κ3) is 2.71. The van der Waals surface area contributed by atoms with Gasteiger partial charge in [-0.05, 0) is 63.9 Å². The van der Waals surface area contributed by atoms with Gasteiger partial charge in [-0.2, -0.15) is 0 Å². The number of fused-ring (bicyclic) bond motifs is 2. The third-order valence-electron chi connectivity index (χ3n) is 5.35. The average molecular weight is 329 g/mol. The summed E-state index contributed by atoms with van der Waals surface area (Å²) in [6, 6.07) is 3.77. The van der Waals surface area contributed by atoms with Crippen LogP contribution in [0.15, 0.2) is 12.1 Å². The van der Waals surface area contributed by atoms with Crippen LogP contribution in [0.3, 0.4) is 0 Å². The number of aromatic nitrogens is 1. The summed E-state index contributed by atoms with van der Waals surface area (Å²) in [5.41, 5.74) is 4.32. The molecule has 2 aromatic rings. The van der Waals surface area contributed by atoms with Gasteiger partial charge in [0, 0.05) is 28.9 Å². The largest absolute Gasteiger partial charge is 0.494 e. The number of rotatable bonds is 3. The van der Waals surface area contributed by atoms with Crippen molar-refractivity contribution >= 4 is 16.6 Å². The SMILES string of the molecule is COc1cc2c(NC3CCN(C)CC3)c3c(nc2cc1F)CCC3. The Kier molecular flexibility index (Phi) is 4.04. The normalized spacial score (nSPS) is 18.8. The van der Waals surface area contributed by atoms with E-state index in [1.807, 2.05) is 0 Å². The van der Waals surface area contributed by atoms with Gasteiger partial charge in [0.1, 0.15) is 0 Å². The van der Waals surface area contributed by atoms with Crippen molar-refractivity contribution in [2.75, 3.05) is 32.6 Å². The lowest BCUT2D eigenvalue weighted by Gasteiger charge is -2.31. The van der Waals surface area contributed by atoms with Crippen LogP contribution in [0.4, 0.5) is 10.1 Å². The molecule has 4 rings (SSSR count). The van der Waals surface area contributed by atoms with Gasteiger partial charge in [-0.3, -0.25) is 4.98 Å². The fourth-order valence-electron chi connectivity index (χ4n) is 3.94. The molecule has 0 spiro atoms. The summed E-state index contributed by atoms with van der Waals surface area (Å²) in [5.74, 6) is -0.0608. The number of halogens is 1. The Labute approximate surface area is 142 Å². The van der Waals surface area contributed by atoms with E-state index in [9.17, 15) is 4.39 Å². The highest BCUT2D eigenvalue weighted by Gasteiger charge is 2.24. The highest BCUT2D eigenvalue weighted by atomic mass is 19.1. The maximum absolute atomic E-state index is 14.1. The van der Waals surface area contributed by atoms with Gasteiger partial charge in [0.2, 0.25) is 0 Å². The Balaban J connectivity index is 1.79. The predicted molar refractivity (Wildman–Crippen MR) is 94.4 cm³/mol. The Morgan fingerprint density at radius 2 is 2.04 bits per heavy atom. The zero-order chi connectivity index (χ0) is 16.7. The molecule has 128 valence electrons. The molecule has 0 bridgehead atoms. The van der Waals surface area contributed by atoms with Gasteiger partial charge in [0.25, 0.3) is 0 Å². The van der Waals surface area contributed by atoms with Crippen LogP contribution >= 0.6 is 0 Å². The first kappa shape index (κ1) is 15.6. The summed E-state index contributed by atoms with van der Waals surface area (Å²) in [5, 5.41) is 4.75. The van der Waals surface area contributed by atoms with Crippen molar-refractivity contribution in [3.05, 3.63) is 29.2 Å². The number of nitrogens with one attached hydrogen (secondary N) is 1. The van der Waals surface area contributed by atoms with Gasteiger partial charge in [-0.1, -0.05) is 0 Å². The number of pyridine rings is 1. The highest BCUT2D eigenvalue weighted by molar-refractivity contribution is 5.95. The number of ether oxygens (including phenoxy) is 1. The van der Waals surface area contributed by atoms with Crippen LogP contribution in [0.1, 0.15) is 30.5 Å². The molecule has 0 atom stereocenters. The predicted octanol–water partition coefficient (Wildman–Crippen LogP) is 3.38. The Morgan fingerprint density at radius 1 is 1.25 bits per heavy atom. The highest BCUT2D eigenvalue weighted by Crippen LogP contribution is 2.37. The molecular formula is C19H24FN3O. The minimum absolute atomic E-state index is 0.286. The van der Waals surface area contributed by atoms with Gasteiger partial charge in [0.05, 0.1) is 12.6 Å². The molecule has 0 saturated carbocycles. The van der Waals surface area contributed by atoms with E-state index in [0.29, 0.717) is 6.04 Å². The van der Waals surface area contributed by atoms with Crippen molar-refractivity contribution < 1.29 is 9.13 Å². The molecule has 4 nitrogen and oxygen atoms in total. The molecule has 1 saturated heterocycles. The Hall–Kier alpha value is -1.88. The molecule has 0 radical (unpaired) electrons. The van der Waals surface area contributed by atoms with Crippen LogP contribution in [0.5, 0.6) is 5.75 Å². The van der Waals surface area contributed by atoms with E-state index < -0.39 is 0 Å². The van der Waals surface area contributed by atoms with E-state index in [2.05, 4.69) is 17.3 Å². The first-order valence-corrected chi connectivity index (χ1v) is 8.80. The summed E-state index contributed by atoms with van der Waals surface area (Å²) < 4.78 is 19.3. The van der Waals surface area contributed by atoms with Crippen molar-refractivity contribution in [1.29, 1.82) is 0 Å². The van der Waals surface area contributed by atoms with E-state index in [1.165, 1.54) is 18.7 Å². The lowest BCUT2D eigenvalue weighted by Crippen LogP contribution is -2.37. The van der Waals surface area contributed by atoms with Gasteiger partial charge < -0.3 is 15.0 Å². The average Bonchev–Trinajstić information content (AvgIpc) is 3.04. The van der Waals surface area contributed by atoms with Crippen molar-refractivity contribution in [3.63, 3.8) is 0 Å². The van der Waals surface area contributed by atoms with Crippen LogP contribution in [0.2, 0.25) is 0 Å². The van der Waals surface area contributed by atoms with Gasteiger partial charge in [-0.25, -0.2) is 4.39 Å². The number of aryl methyl sites for hydroxylation is 1. The summed E-state index contributed by atoms with van der Waals surface area (Å²) in [6.45, 7) is 2.22. The molecule has 2 aliphatic rings. The number of nitrogens with zero attached hydrogens (tertiary/aromatic N) is 2. The molecule has 24 heavy (non-hydrogen) atoms. The van der Waals surface area contributed by atoms with E-state index in [1.54, 1.807) is 6.07 Å². The molecular weight excluding hydrogens is 305 g/mol. The molecule has 1 N–H and O–H groups in total. The molecule has 0 amide bonds. The fourth-order valence-corrected chi connectivity index (χ4v) is 3.94. The van der Waals surface area contributed by atoms with E-state index in [-0.39, 0.29) is 11.6 Å². The Bertz CT molecular complexity index is 769. The summed E-state index contributed by atoms with van der Waals surface area (Å²) in [4.78, 5) is 7.08. The second-order valence-electron chi connectivity index (χ2n) is 6.99. The number of likely N-dealkylation sites (tertiary alicyclic amines) is 1. The molecule has 2 heterocycles. The molecule has 1 fully saturated rings. The van der Waals surface area contributed by atoms with Crippen molar-refractivity contribution in [1.82, 2.24) is 9.88 Å². The molecule has 1 aromatic heterocycles. The number of hydrogen-bond acceptors (Lipinski definition) is 4. The Morgan fingerprint density at radius 3 is 2.79 bits per heavy atom. The van der Waals surface area contributed by atoms with Crippen molar-refractivity contribution in [2.24, 2.45) is 0 Å². The molecule has 1 aliphatic heterocycles. The van der Waals surface area contributed by atoms with E-state index in [4.69, 9.17) is 9.72 Å². The molecule has 0 unspecified atom stereocenters. The van der Waals surface area contributed by atoms with Crippen LogP contribution in [-0.4, -0.2) is 43.2 Å². The summed E-state index contributed by atoms with van der Waals surface area (Å²) in [7, 11) is 3.68. The summed E-state index contributed by atoms with van der Waals surface area (Å²) >= 11 is 0. The van der Waals surface area contributed by atoms with Gasteiger partial charge in [0.15, 0.2) is 11.6 Å². The second-order valence-corrected chi connectivity index (χ2v) is 6.99.